The molecule has 0 aliphatic carbocycles. The van der Waals surface area contributed by atoms with Crippen LogP contribution in [0.2, 0.25) is 0 Å². The first-order valence-corrected chi connectivity index (χ1v) is 3.94. The van der Waals surface area contributed by atoms with Crippen LogP contribution in [0.15, 0.2) is 0 Å². The van der Waals surface area contributed by atoms with Crippen LogP contribution in [0, 0.1) is 0 Å². The summed E-state index contributed by atoms with van der Waals surface area (Å²) in [5.74, 6) is 0.740. The molecule has 4 heteroatoms. The van der Waals surface area contributed by atoms with Gasteiger partial charge in [0.05, 0.1) is 0 Å². The van der Waals surface area contributed by atoms with Gasteiger partial charge in [-0.1, -0.05) is 0 Å². The van der Waals surface area contributed by atoms with Gasteiger partial charge in [-0.3, -0.25) is 0 Å². The van der Waals surface area contributed by atoms with Crippen LogP contribution in [0.3, 0.4) is 0 Å². The molecule has 1 amide bonds. The van der Waals surface area contributed by atoms with Crippen molar-refractivity contribution in [1.29, 1.82) is 0 Å². The highest BCUT2D eigenvalue weighted by Gasteiger charge is 2.06. The molecule has 0 rings (SSSR count). The van der Waals surface area contributed by atoms with Crippen LogP contribution in [0.5, 0.6) is 0 Å². The summed E-state index contributed by atoms with van der Waals surface area (Å²) in [6.07, 6.45) is -0.0206. The number of nitrogens with zero attached hydrogens (tertiary/aromatic N) is 1. The number of amides is 1. The number of hydrogen-bond acceptors (Lipinski definition) is 2. The average molecular weight is 163 g/mol. The molecular weight excluding hydrogens is 150 g/mol. The molecular formula is C6H13NO2S. The molecule has 0 radical (unpaired) electrons. The molecule has 0 saturated heterocycles. The first-order valence-electron chi connectivity index (χ1n) is 3.31. The fourth-order valence-electron chi connectivity index (χ4n) is 0.651. The Morgan fingerprint density at radius 1 is 1.70 bits per heavy atom. The lowest BCUT2D eigenvalue weighted by Gasteiger charge is -2.15. The maximum absolute atomic E-state index is 10.3. The Kier molecular flexibility index (Phi) is 5.20. The van der Waals surface area contributed by atoms with Crippen LogP contribution in [-0.2, 0) is 0 Å². The van der Waals surface area contributed by atoms with E-state index in [2.05, 4.69) is 12.6 Å². The molecule has 0 atom stereocenters. The second-order valence-electron chi connectivity index (χ2n) is 1.94. The van der Waals surface area contributed by atoms with E-state index in [9.17, 15) is 4.79 Å². The molecule has 0 aromatic rings. The number of carbonyl (C=O) groups is 1. The van der Waals surface area contributed by atoms with Crippen molar-refractivity contribution < 1.29 is 9.90 Å². The van der Waals surface area contributed by atoms with E-state index in [-0.39, 0.29) is 0 Å². The minimum Gasteiger partial charge on any atom is -0.465 e. The van der Waals surface area contributed by atoms with Gasteiger partial charge in [-0.05, 0) is 19.1 Å². The van der Waals surface area contributed by atoms with E-state index < -0.39 is 6.09 Å². The van der Waals surface area contributed by atoms with Crippen molar-refractivity contribution in [3.8, 4) is 0 Å². The molecule has 0 saturated carbocycles. The molecule has 60 valence electrons. The van der Waals surface area contributed by atoms with Gasteiger partial charge >= 0.3 is 6.09 Å². The van der Waals surface area contributed by atoms with E-state index in [0.717, 1.165) is 12.2 Å². The summed E-state index contributed by atoms with van der Waals surface area (Å²) in [5.41, 5.74) is 0. The highest BCUT2D eigenvalue weighted by Crippen LogP contribution is 1.92. The van der Waals surface area contributed by atoms with Gasteiger partial charge in [-0.25, -0.2) is 4.79 Å². The molecule has 0 aromatic heterocycles. The molecule has 0 aromatic carbocycles. The summed E-state index contributed by atoms with van der Waals surface area (Å²) in [5, 5.41) is 8.50. The number of rotatable bonds is 4. The Hall–Kier alpha value is -0.380. The second kappa shape index (κ2) is 5.41. The number of carboxylic acid groups (broad SMARTS) is 1. The van der Waals surface area contributed by atoms with Gasteiger partial charge in [0.25, 0.3) is 0 Å². The average Bonchev–Trinajstić information content (AvgIpc) is 1.89. The van der Waals surface area contributed by atoms with Crippen molar-refractivity contribution in [1.82, 2.24) is 4.90 Å². The predicted molar refractivity (Wildman–Crippen MR) is 43.7 cm³/mol. The third-order valence-corrected chi connectivity index (χ3v) is 1.55. The van der Waals surface area contributed by atoms with Crippen LogP contribution in [0.4, 0.5) is 4.79 Å². The van der Waals surface area contributed by atoms with Crippen molar-refractivity contribution >= 4 is 18.7 Å². The lowest BCUT2D eigenvalue weighted by molar-refractivity contribution is 0.148. The van der Waals surface area contributed by atoms with Crippen LogP contribution in [0.1, 0.15) is 13.3 Å². The topological polar surface area (TPSA) is 40.5 Å². The SMILES string of the molecule is CCN(CCCS)C(=O)O. The molecule has 10 heavy (non-hydrogen) atoms. The van der Waals surface area contributed by atoms with Gasteiger partial charge in [0.1, 0.15) is 0 Å². The highest BCUT2D eigenvalue weighted by atomic mass is 32.1. The van der Waals surface area contributed by atoms with Crippen LogP contribution in [0.25, 0.3) is 0 Å². The number of hydrogen-bond donors (Lipinski definition) is 2. The predicted octanol–water partition coefficient (Wildman–Crippen LogP) is 1.31. The molecule has 0 fully saturated rings. The Balaban J connectivity index is 3.50. The molecule has 1 N–H and O–H groups in total. The van der Waals surface area contributed by atoms with E-state index in [4.69, 9.17) is 5.11 Å². The smallest absolute Gasteiger partial charge is 0.407 e. The molecule has 0 spiro atoms. The van der Waals surface area contributed by atoms with Crippen molar-refractivity contribution in [2.24, 2.45) is 0 Å². The third kappa shape index (κ3) is 3.61. The van der Waals surface area contributed by atoms with Crippen LogP contribution < -0.4 is 0 Å². The summed E-state index contributed by atoms with van der Waals surface area (Å²) in [6.45, 7) is 2.98. The van der Waals surface area contributed by atoms with Gasteiger partial charge in [0, 0.05) is 13.1 Å². The lowest BCUT2D eigenvalue weighted by Crippen LogP contribution is -2.30. The normalized spacial score (nSPS) is 9.40. The van der Waals surface area contributed by atoms with Crippen LogP contribution >= 0.6 is 12.6 Å². The summed E-state index contributed by atoms with van der Waals surface area (Å²) in [4.78, 5) is 11.7. The van der Waals surface area contributed by atoms with E-state index in [1.54, 1.807) is 0 Å². The second-order valence-corrected chi connectivity index (χ2v) is 2.39. The highest BCUT2D eigenvalue weighted by molar-refractivity contribution is 7.80. The Morgan fingerprint density at radius 3 is 2.60 bits per heavy atom. The van der Waals surface area contributed by atoms with E-state index in [1.807, 2.05) is 6.92 Å². The molecule has 0 bridgehead atoms. The van der Waals surface area contributed by atoms with Crippen molar-refractivity contribution in [2.75, 3.05) is 18.8 Å². The first-order chi connectivity index (χ1) is 4.72. The Labute approximate surface area is 66.4 Å². The zero-order chi connectivity index (χ0) is 7.98. The lowest BCUT2D eigenvalue weighted by atomic mass is 10.4. The molecule has 0 aliphatic rings. The van der Waals surface area contributed by atoms with E-state index in [1.165, 1.54) is 4.90 Å². The Bertz CT molecular complexity index is 108. The van der Waals surface area contributed by atoms with Crippen molar-refractivity contribution in [3.63, 3.8) is 0 Å². The minimum absolute atomic E-state index is 0.559. The zero-order valence-corrected chi connectivity index (χ0v) is 6.97. The van der Waals surface area contributed by atoms with Gasteiger partial charge < -0.3 is 10.0 Å². The Morgan fingerprint density at radius 2 is 2.30 bits per heavy atom. The van der Waals surface area contributed by atoms with Crippen LogP contribution in [-0.4, -0.2) is 34.9 Å². The van der Waals surface area contributed by atoms with E-state index in [0.29, 0.717) is 13.1 Å². The summed E-state index contributed by atoms with van der Waals surface area (Å²) >= 11 is 3.98. The van der Waals surface area contributed by atoms with Gasteiger partial charge in [-0.2, -0.15) is 12.6 Å². The quantitative estimate of drug-likeness (QED) is 0.613. The zero-order valence-electron chi connectivity index (χ0n) is 6.08. The summed E-state index contributed by atoms with van der Waals surface area (Å²) in [6, 6.07) is 0. The van der Waals surface area contributed by atoms with Crippen molar-refractivity contribution in [2.45, 2.75) is 13.3 Å². The maximum Gasteiger partial charge on any atom is 0.407 e. The fourth-order valence-corrected chi connectivity index (χ4v) is 0.792. The van der Waals surface area contributed by atoms with Gasteiger partial charge in [0.2, 0.25) is 0 Å². The minimum atomic E-state index is -0.843. The summed E-state index contributed by atoms with van der Waals surface area (Å²) < 4.78 is 0. The van der Waals surface area contributed by atoms with Crippen molar-refractivity contribution in [3.05, 3.63) is 0 Å². The molecule has 0 aliphatic heterocycles. The molecule has 0 unspecified atom stereocenters. The summed E-state index contributed by atoms with van der Waals surface area (Å²) in [7, 11) is 0. The van der Waals surface area contributed by atoms with E-state index >= 15 is 0 Å². The monoisotopic (exact) mass is 163 g/mol. The third-order valence-electron chi connectivity index (χ3n) is 1.24. The molecule has 0 heterocycles. The van der Waals surface area contributed by atoms with Gasteiger partial charge in [0.15, 0.2) is 0 Å². The largest absolute Gasteiger partial charge is 0.465 e. The fraction of sp³-hybridized carbons (Fsp3) is 0.833. The molecule has 3 nitrogen and oxygen atoms in total. The maximum atomic E-state index is 10.3. The number of thiol groups is 1. The first kappa shape index (κ1) is 9.62. The standard InChI is InChI=1S/C6H13NO2S/c1-2-7(6(8)9)4-3-5-10/h10H,2-5H2,1H3,(H,8,9). The van der Waals surface area contributed by atoms with Gasteiger partial charge in [-0.15, -0.1) is 0 Å².